The molecule has 0 unspecified atom stereocenters. The van der Waals surface area contributed by atoms with Crippen molar-refractivity contribution in [1.29, 1.82) is 0 Å². The second-order valence-electron chi connectivity index (χ2n) is 7.68. The second-order valence-corrected chi connectivity index (χ2v) is 9.18. The number of hydrogen-bond acceptors (Lipinski definition) is 5. The summed E-state index contributed by atoms with van der Waals surface area (Å²) in [4.78, 5) is 29.6. The van der Waals surface area contributed by atoms with E-state index in [1.165, 1.54) is 23.0 Å². The number of thiophene rings is 1. The van der Waals surface area contributed by atoms with E-state index in [9.17, 15) is 9.59 Å². The van der Waals surface area contributed by atoms with E-state index in [1.54, 1.807) is 25.3 Å². The van der Waals surface area contributed by atoms with Gasteiger partial charge in [0.1, 0.15) is 5.82 Å². The van der Waals surface area contributed by atoms with Gasteiger partial charge in [-0.3, -0.25) is 9.59 Å². The van der Waals surface area contributed by atoms with E-state index in [0.29, 0.717) is 18.3 Å². The first-order valence-electron chi connectivity index (χ1n) is 9.99. The lowest BCUT2D eigenvalue weighted by molar-refractivity contribution is -0.116. The highest BCUT2D eigenvalue weighted by Gasteiger charge is 2.25. The maximum absolute atomic E-state index is 12.2. The number of fused-ring (bicyclic) bond motifs is 1. The normalized spacial score (nSPS) is 15.2. The van der Waals surface area contributed by atoms with Gasteiger partial charge in [0, 0.05) is 28.7 Å². The number of aromatic nitrogens is 1. The van der Waals surface area contributed by atoms with E-state index in [4.69, 9.17) is 17.3 Å². The maximum Gasteiger partial charge on any atom is 0.244 e. The Kier molecular flexibility index (Phi) is 6.20. The molecule has 7 heteroatoms. The lowest BCUT2D eigenvalue weighted by atomic mass is 10.1. The molecule has 3 N–H and O–H groups in total. The smallest absolute Gasteiger partial charge is 0.244 e. The van der Waals surface area contributed by atoms with Crippen LogP contribution < -0.4 is 11.1 Å². The number of hydrogen-bond donors (Lipinski definition) is 2. The highest BCUT2D eigenvalue weighted by molar-refractivity contribution is 7.17. The van der Waals surface area contributed by atoms with E-state index in [-0.39, 0.29) is 11.7 Å². The van der Waals surface area contributed by atoms with E-state index < -0.39 is 0 Å². The highest BCUT2D eigenvalue weighted by atomic mass is 35.5. The molecule has 0 radical (unpaired) electrons. The van der Waals surface area contributed by atoms with Gasteiger partial charge in [0.15, 0.2) is 5.78 Å². The van der Waals surface area contributed by atoms with Crippen LogP contribution in [0.15, 0.2) is 48.7 Å². The molecule has 1 aliphatic carbocycles. The van der Waals surface area contributed by atoms with Crippen LogP contribution in [-0.2, 0) is 17.6 Å². The van der Waals surface area contributed by atoms with Crippen molar-refractivity contribution in [2.24, 2.45) is 5.92 Å². The third kappa shape index (κ3) is 5.03. The quantitative estimate of drug-likeness (QED) is 0.416. The number of Topliss-reactive ketones (excluding diaryl/α,β-unsaturated/α-hetero) is 1. The minimum Gasteiger partial charge on any atom is -0.384 e. The number of carbonyl (C=O) groups is 2. The topological polar surface area (TPSA) is 85.1 Å². The van der Waals surface area contributed by atoms with Crippen LogP contribution in [0.1, 0.15) is 33.3 Å². The molecule has 3 aromatic rings. The number of anilines is 1. The molecular weight excluding hydrogens is 430 g/mol. The summed E-state index contributed by atoms with van der Waals surface area (Å²) in [6.07, 6.45) is 6.54. The van der Waals surface area contributed by atoms with Crippen molar-refractivity contribution >= 4 is 46.5 Å². The second kappa shape index (κ2) is 9.04. The molecule has 0 aliphatic heterocycles. The molecule has 1 aromatic carbocycles. The molecule has 1 atom stereocenters. The number of carbonyl (C=O) groups excluding carboxylic acids is 2. The fraction of sp³-hybridized carbons (Fsp3) is 0.208. The van der Waals surface area contributed by atoms with E-state index in [0.717, 1.165) is 44.3 Å². The van der Waals surface area contributed by atoms with Gasteiger partial charge in [-0.2, -0.15) is 0 Å². The zero-order valence-corrected chi connectivity index (χ0v) is 18.6. The molecule has 2 heterocycles. The maximum atomic E-state index is 12.2. The molecule has 0 fully saturated rings. The molecule has 0 bridgehead atoms. The number of halogens is 1. The van der Waals surface area contributed by atoms with Crippen molar-refractivity contribution in [2.45, 2.75) is 19.8 Å². The number of nitrogens with zero attached hydrogens (tertiary/aromatic N) is 1. The SMILES string of the molecule is CC(=O)c1ccc(-c2cc(Cl)c3c(c2)C[C@@H](CNC(=O)/C=C/c2ccc(N)nc2)C3)s1. The van der Waals surface area contributed by atoms with Gasteiger partial charge in [0.05, 0.1) is 4.88 Å². The van der Waals surface area contributed by atoms with E-state index >= 15 is 0 Å². The Morgan fingerprint density at radius 3 is 2.81 bits per heavy atom. The van der Waals surface area contributed by atoms with Crippen LogP contribution in [0, 0.1) is 5.92 Å². The first-order chi connectivity index (χ1) is 14.9. The summed E-state index contributed by atoms with van der Waals surface area (Å²) in [5.74, 6) is 0.674. The average Bonchev–Trinajstić information content (AvgIpc) is 3.39. The van der Waals surface area contributed by atoms with Crippen molar-refractivity contribution in [3.8, 4) is 10.4 Å². The van der Waals surface area contributed by atoms with Crippen molar-refractivity contribution < 1.29 is 9.59 Å². The first-order valence-corrected chi connectivity index (χ1v) is 11.2. The van der Waals surface area contributed by atoms with Gasteiger partial charge in [-0.15, -0.1) is 11.3 Å². The molecule has 31 heavy (non-hydrogen) atoms. The molecular formula is C24H22ClN3O2S. The third-order valence-electron chi connectivity index (χ3n) is 5.33. The van der Waals surface area contributed by atoms with Crippen LogP contribution in [0.25, 0.3) is 16.5 Å². The standard InChI is InChI=1S/C24H22ClN3O2S/c1-14(29)21-4-5-22(31-21)18-10-17-8-16(9-19(17)20(25)11-18)13-28-24(30)7-3-15-2-6-23(26)27-12-15/h2-7,10-12,16H,8-9,13H2,1H3,(H2,26,27)(H,28,30)/b7-3+/t16-/m1/s1. The fourth-order valence-corrected chi connectivity index (χ4v) is 4.94. The monoisotopic (exact) mass is 451 g/mol. The van der Waals surface area contributed by atoms with Crippen molar-refractivity contribution in [1.82, 2.24) is 10.3 Å². The van der Waals surface area contributed by atoms with E-state index in [1.807, 2.05) is 24.3 Å². The third-order valence-corrected chi connectivity index (χ3v) is 6.90. The predicted octanol–water partition coefficient (Wildman–Crippen LogP) is 4.79. The van der Waals surface area contributed by atoms with Gasteiger partial charge < -0.3 is 11.1 Å². The minimum absolute atomic E-state index is 0.0704. The van der Waals surface area contributed by atoms with Crippen LogP contribution in [0.5, 0.6) is 0 Å². The Morgan fingerprint density at radius 2 is 2.10 bits per heavy atom. The molecule has 1 amide bonds. The summed E-state index contributed by atoms with van der Waals surface area (Å²) in [5, 5.41) is 3.72. The zero-order chi connectivity index (χ0) is 22.0. The van der Waals surface area contributed by atoms with Crippen LogP contribution in [-0.4, -0.2) is 23.2 Å². The highest BCUT2D eigenvalue weighted by Crippen LogP contribution is 2.38. The number of pyridine rings is 1. The molecule has 4 rings (SSSR count). The number of benzene rings is 1. The summed E-state index contributed by atoms with van der Waals surface area (Å²) in [5.41, 5.74) is 9.78. The molecule has 0 saturated heterocycles. The zero-order valence-electron chi connectivity index (χ0n) is 17.0. The van der Waals surface area contributed by atoms with Gasteiger partial charge in [0.25, 0.3) is 0 Å². The summed E-state index contributed by atoms with van der Waals surface area (Å²) in [6.45, 7) is 2.16. The number of nitrogens with two attached hydrogens (primary N) is 1. The van der Waals surface area contributed by atoms with Crippen molar-refractivity contribution in [3.05, 3.63) is 75.3 Å². The summed E-state index contributed by atoms with van der Waals surface area (Å²) in [6, 6.07) is 11.5. The predicted molar refractivity (Wildman–Crippen MR) is 126 cm³/mol. The minimum atomic E-state index is -0.144. The summed E-state index contributed by atoms with van der Waals surface area (Å²) in [7, 11) is 0. The van der Waals surface area contributed by atoms with Gasteiger partial charge in [-0.05, 0) is 90.4 Å². The van der Waals surface area contributed by atoms with Crippen LogP contribution in [0.2, 0.25) is 5.02 Å². The van der Waals surface area contributed by atoms with Crippen LogP contribution in [0.3, 0.4) is 0 Å². The molecule has 1 aliphatic rings. The molecule has 0 spiro atoms. The summed E-state index contributed by atoms with van der Waals surface area (Å²) < 4.78 is 0. The number of nitrogen functional groups attached to an aromatic ring is 1. The van der Waals surface area contributed by atoms with Crippen LogP contribution in [0.4, 0.5) is 5.82 Å². The Hall–Kier alpha value is -2.96. The molecule has 5 nitrogen and oxygen atoms in total. The average molecular weight is 452 g/mol. The van der Waals surface area contributed by atoms with Gasteiger partial charge in [-0.1, -0.05) is 11.6 Å². The fourth-order valence-electron chi connectivity index (χ4n) is 3.74. The Bertz CT molecular complexity index is 1170. The van der Waals surface area contributed by atoms with Crippen molar-refractivity contribution in [3.63, 3.8) is 0 Å². The van der Waals surface area contributed by atoms with E-state index in [2.05, 4.69) is 16.4 Å². The lowest BCUT2D eigenvalue weighted by Crippen LogP contribution is -2.28. The lowest BCUT2D eigenvalue weighted by Gasteiger charge is -2.09. The summed E-state index contributed by atoms with van der Waals surface area (Å²) >= 11 is 8.06. The first kappa shape index (κ1) is 21.3. The molecule has 158 valence electrons. The Balaban J connectivity index is 1.38. The van der Waals surface area contributed by atoms with Crippen molar-refractivity contribution in [2.75, 3.05) is 12.3 Å². The number of amides is 1. The Labute approximate surface area is 190 Å². The largest absolute Gasteiger partial charge is 0.384 e. The Morgan fingerprint density at radius 1 is 1.26 bits per heavy atom. The van der Waals surface area contributed by atoms with Gasteiger partial charge in [0.2, 0.25) is 5.91 Å². The molecule has 0 saturated carbocycles. The number of nitrogens with one attached hydrogen (secondary N) is 1. The number of ketones is 1. The van der Waals surface area contributed by atoms with Gasteiger partial charge >= 0.3 is 0 Å². The molecule has 2 aromatic heterocycles. The van der Waals surface area contributed by atoms with Gasteiger partial charge in [-0.25, -0.2) is 4.98 Å². The number of rotatable bonds is 6. The van der Waals surface area contributed by atoms with Crippen LogP contribution >= 0.6 is 22.9 Å².